The lowest BCUT2D eigenvalue weighted by Crippen LogP contribution is -2.42. The minimum Gasteiger partial charge on any atom is -0.481 e. The zero-order chi connectivity index (χ0) is 15.4. The number of aromatic nitrogens is 2. The van der Waals surface area contributed by atoms with E-state index in [4.69, 9.17) is 22.4 Å². The number of nitrogen functional groups attached to an aromatic ring is 1. The number of aliphatic carboxylic acids is 1. The lowest BCUT2D eigenvalue weighted by Gasteiger charge is -2.08. The molecule has 0 atom stereocenters. The number of anilines is 1. The van der Waals surface area contributed by atoms with Crippen LogP contribution < -0.4 is 10.4 Å². The van der Waals surface area contributed by atoms with Gasteiger partial charge in [0, 0.05) is 17.5 Å². The SMILES string of the molecule is Cc1cc(-c2ccccc2Cl)n[n+](CCCC(=O)O)c1N. The Morgan fingerprint density at radius 3 is 2.81 bits per heavy atom. The third kappa shape index (κ3) is 3.70. The Labute approximate surface area is 128 Å². The predicted octanol–water partition coefficient (Wildman–Crippen LogP) is 2.44. The molecular weight excluding hydrogens is 290 g/mol. The molecule has 0 aliphatic carbocycles. The Morgan fingerprint density at radius 1 is 1.43 bits per heavy atom. The highest BCUT2D eigenvalue weighted by Gasteiger charge is 2.15. The molecule has 2 rings (SSSR count). The number of carboxylic acids is 1. The smallest absolute Gasteiger partial charge is 0.303 e. The second kappa shape index (κ2) is 6.54. The van der Waals surface area contributed by atoms with E-state index in [9.17, 15) is 4.79 Å². The number of hydrogen-bond donors (Lipinski definition) is 2. The fourth-order valence-corrected chi connectivity index (χ4v) is 2.28. The summed E-state index contributed by atoms with van der Waals surface area (Å²) >= 11 is 6.19. The van der Waals surface area contributed by atoms with Gasteiger partial charge < -0.3 is 5.11 Å². The second-order valence-corrected chi connectivity index (χ2v) is 5.21. The van der Waals surface area contributed by atoms with Crippen LogP contribution in [0.1, 0.15) is 18.4 Å². The summed E-state index contributed by atoms with van der Waals surface area (Å²) in [5, 5.41) is 13.8. The van der Waals surface area contributed by atoms with Crippen LogP contribution in [0.3, 0.4) is 0 Å². The van der Waals surface area contributed by atoms with Crippen molar-refractivity contribution in [3.05, 3.63) is 40.9 Å². The van der Waals surface area contributed by atoms with Gasteiger partial charge in [0.2, 0.25) is 0 Å². The Hall–Kier alpha value is -2.14. The highest BCUT2D eigenvalue weighted by atomic mass is 35.5. The van der Waals surface area contributed by atoms with E-state index in [2.05, 4.69) is 5.10 Å². The van der Waals surface area contributed by atoms with Gasteiger partial charge in [-0.3, -0.25) is 10.5 Å². The van der Waals surface area contributed by atoms with Gasteiger partial charge in [-0.25, -0.2) is 0 Å². The number of halogens is 1. The molecule has 2 aromatic rings. The van der Waals surface area contributed by atoms with Gasteiger partial charge in [-0.2, -0.15) is 0 Å². The Kier molecular flexibility index (Phi) is 4.75. The normalized spacial score (nSPS) is 10.6. The minimum atomic E-state index is -0.826. The lowest BCUT2D eigenvalue weighted by atomic mass is 10.1. The summed E-state index contributed by atoms with van der Waals surface area (Å²) in [7, 11) is 0. The van der Waals surface area contributed by atoms with E-state index in [-0.39, 0.29) is 6.42 Å². The molecule has 0 spiro atoms. The van der Waals surface area contributed by atoms with Crippen LogP contribution in [-0.4, -0.2) is 16.2 Å². The molecule has 1 heterocycles. The van der Waals surface area contributed by atoms with E-state index in [1.807, 2.05) is 31.2 Å². The number of rotatable bonds is 5. The highest BCUT2D eigenvalue weighted by Crippen LogP contribution is 2.26. The Morgan fingerprint density at radius 2 is 2.14 bits per heavy atom. The van der Waals surface area contributed by atoms with Crippen LogP contribution in [0.5, 0.6) is 0 Å². The first-order chi connectivity index (χ1) is 9.99. The maximum Gasteiger partial charge on any atom is 0.303 e. The van der Waals surface area contributed by atoms with Crippen LogP contribution in [-0.2, 0) is 11.3 Å². The van der Waals surface area contributed by atoms with E-state index >= 15 is 0 Å². The molecule has 21 heavy (non-hydrogen) atoms. The van der Waals surface area contributed by atoms with Crippen molar-refractivity contribution in [2.75, 3.05) is 5.73 Å². The molecule has 0 saturated heterocycles. The molecule has 0 amide bonds. The van der Waals surface area contributed by atoms with E-state index in [0.717, 1.165) is 16.8 Å². The summed E-state index contributed by atoms with van der Waals surface area (Å²) in [6, 6.07) is 9.32. The molecule has 0 unspecified atom stereocenters. The van der Waals surface area contributed by atoms with E-state index in [0.29, 0.717) is 23.8 Å². The fraction of sp³-hybridized carbons (Fsp3) is 0.267. The average Bonchev–Trinajstić information content (AvgIpc) is 2.43. The van der Waals surface area contributed by atoms with Crippen molar-refractivity contribution in [1.82, 2.24) is 5.10 Å². The number of hydrogen-bond acceptors (Lipinski definition) is 3. The molecule has 6 heteroatoms. The quantitative estimate of drug-likeness (QED) is 0.832. The van der Waals surface area contributed by atoms with Crippen molar-refractivity contribution in [3.63, 3.8) is 0 Å². The van der Waals surface area contributed by atoms with Gasteiger partial charge >= 0.3 is 5.97 Å². The topological polar surface area (TPSA) is 80.1 Å². The van der Waals surface area contributed by atoms with Crippen molar-refractivity contribution >= 4 is 23.4 Å². The van der Waals surface area contributed by atoms with Crippen molar-refractivity contribution in [2.45, 2.75) is 26.3 Å². The van der Waals surface area contributed by atoms with Crippen molar-refractivity contribution in [1.29, 1.82) is 0 Å². The maximum absolute atomic E-state index is 10.6. The molecular formula is C15H17ClN3O2+. The molecule has 1 aromatic heterocycles. The zero-order valence-corrected chi connectivity index (χ0v) is 12.5. The first-order valence-corrected chi connectivity index (χ1v) is 7.01. The Bertz CT molecular complexity index is 674. The van der Waals surface area contributed by atoms with E-state index < -0.39 is 5.97 Å². The maximum atomic E-state index is 10.6. The molecule has 0 aliphatic rings. The molecule has 0 bridgehead atoms. The van der Waals surface area contributed by atoms with Gasteiger partial charge in [0.1, 0.15) is 12.2 Å². The largest absolute Gasteiger partial charge is 0.481 e. The number of nitrogens with zero attached hydrogens (tertiary/aromatic N) is 2. The standard InChI is InChI=1S/C15H16ClN3O2/c1-10-9-13(11-5-2-3-6-12(11)16)18-19(15(10)17)8-4-7-14(20)21/h2-3,5-6,9,17H,4,7-8H2,1H3,(H,20,21)/p+1. The van der Waals surface area contributed by atoms with Crippen LogP contribution in [0.2, 0.25) is 5.02 Å². The first-order valence-electron chi connectivity index (χ1n) is 6.63. The molecule has 0 saturated carbocycles. The van der Waals surface area contributed by atoms with Gasteiger partial charge in [0.15, 0.2) is 0 Å². The second-order valence-electron chi connectivity index (χ2n) is 4.80. The molecule has 0 fully saturated rings. The van der Waals surface area contributed by atoms with Crippen molar-refractivity contribution in [3.8, 4) is 11.3 Å². The van der Waals surface area contributed by atoms with Gasteiger partial charge in [0.25, 0.3) is 5.82 Å². The summed E-state index contributed by atoms with van der Waals surface area (Å²) in [6.45, 7) is 2.35. The van der Waals surface area contributed by atoms with Gasteiger partial charge in [-0.1, -0.05) is 34.9 Å². The number of nitrogens with two attached hydrogens (primary N) is 1. The first kappa shape index (κ1) is 15.3. The summed E-state index contributed by atoms with van der Waals surface area (Å²) in [6.07, 6.45) is 0.562. The highest BCUT2D eigenvalue weighted by molar-refractivity contribution is 6.33. The minimum absolute atomic E-state index is 0.0868. The molecule has 1 aromatic carbocycles. The summed E-state index contributed by atoms with van der Waals surface area (Å²) in [5.74, 6) is -0.288. The number of carboxylic acid groups (broad SMARTS) is 1. The molecule has 110 valence electrons. The zero-order valence-electron chi connectivity index (χ0n) is 11.7. The summed E-state index contributed by atoms with van der Waals surface area (Å²) < 4.78 is 1.64. The average molecular weight is 307 g/mol. The fourth-order valence-electron chi connectivity index (χ4n) is 2.05. The Balaban J connectivity index is 2.34. The third-order valence-corrected chi connectivity index (χ3v) is 3.50. The van der Waals surface area contributed by atoms with Crippen LogP contribution in [0, 0.1) is 6.92 Å². The van der Waals surface area contributed by atoms with Crippen LogP contribution >= 0.6 is 11.6 Å². The predicted molar refractivity (Wildman–Crippen MR) is 80.9 cm³/mol. The third-order valence-electron chi connectivity index (χ3n) is 3.17. The lowest BCUT2D eigenvalue weighted by molar-refractivity contribution is -0.740. The summed E-state index contributed by atoms with van der Waals surface area (Å²) in [4.78, 5) is 10.6. The molecule has 0 radical (unpaired) electrons. The van der Waals surface area contributed by atoms with E-state index in [1.165, 1.54) is 0 Å². The molecule has 0 aliphatic heterocycles. The number of carbonyl (C=O) groups is 1. The number of benzene rings is 1. The van der Waals surface area contributed by atoms with Gasteiger partial charge in [-0.05, 0) is 25.5 Å². The molecule has 3 N–H and O–H groups in total. The monoisotopic (exact) mass is 306 g/mol. The summed E-state index contributed by atoms with van der Waals surface area (Å²) in [5.41, 5.74) is 8.44. The van der Waals surface area contributed by atoms with E-state index in [1.54, 1.807) is 10.7 Å². The van der Waals surface area contributed by atoms with Crippen LogP contribution in [0.25, 0.3) is 11.3 Å². The number of aryl methyl sites for hydroxylation is 2. The molecule has 5 nitrogen and oxygen atoms in total. The van der Waals surface area contributed by atoms with Gasteiger partial charge in [-0.15, -0.1) is 4.68 Å². The van der Waals surface area contributed by atoms with Crippen molar-refractivity contribution in [2.24, 2.45) is 0 Å². The van der Waals surface area contributed by atoms with Crippen molar-refractivity contribution < 1.29 is 14.6 Å². The van der Waals surface area contributed by atoms with Crippen LogP contribution in [0.4, 0.5) is 5.82 Å². The van der Waals surface area contributed by atoms with Gasteiger partial charge in [0.05, 0.1) is 5.02 Å². The van der Waals surface area contributed by atoms with Crippen LogP contribution in [0.15, 0.2) is 30.3 Å².